The number of rotatable bonds is 13. The van der Waals surface area contributed by atoms with Crippen LogP contribution in [0.4, 0.5) is 0 Å². The highest BCUT2D eigenvalue weighted by molar-refractivity contribution is 7.84. The molecule has 4 rings (SSSR count). The topological polar surface area (TPSA) is 131 Å². The molecule has 1 atom stereocenters. The van der Waals surface area contributed by atoms with Crippen molar-refractivity contribution in [2.45, 2.75) is 90.2 Å². The molecule has 0 unspecified atom stereocenters. The van der Waals surface area contributed by atoms with Gasteiger partial charge in [-0.2, -0.15) is 0 Å². The second-order valence-corrected chi connectivity index (χ2v) is 15.0. The molecule has 254 valence electrons. The number of quaternary nitrogens is 1. The van der Waals surface area contributed by atoms with E-state index in [9.17, 15) is 4.79 Å². The van der Waals surface area contributed by atoms with Crippen molar-refractivity contribution in [2.24, 2.45) is 0 Å². The van der Waals surface area contributed by atoms with Crippen molar-refractivity contribution in [3.63, 3.8) is 0 Å². The molecule has 1 fully saturated rings. The van der Waals surface area contributed by atoms with Gasteiger partial charge < -0.3 is 28.2 Å². The predicted molar refractivity (Wildman–Crippen MR) is 177 cm³/mol. The van der Waals surface area contributed by atoms with Gasteiger partial charge in [-0.3, -0.25) is 4.79 Å². The van der Waals surface area contributed by atoms with Gasteiger partial charge in [0.1, 0.15) is 12.1 Å². The molecule has 0 aliphatic heterocycles. The molecule has 2 aromatic carbocycles. The SMILES string of the molecule is CC(C)(C)OC(=O)CNCc1ccc(CC[N+](C)(C)Cc2cnc([C@H](OC3CCCCC3)c3ccccc3)o2)cc1.CS(=O)(=O)[O-]. The average molecular weight is 658 g/mol. The predicted octanol–water partition coefficient (Wildman–Crippen LogP) is 5.53. The van der Waals surface area contributed by atoms with Crippen LogP contribution in [-0.2, 0) is 43.9 Å². The molecule has 1 aliphatic carbocycles. The average Bonchev–Trinajstić information content (AvgIpc) is 3.42. The molecule has 1 aromatic heterocycles. The number of carbonyl (C=O) groups excluding carboxylic acids is 1. The molecule has 11 heteroatoms. The van der Waals surface area contributed by atoms with E-state index in [4.69, 9.17) is 26.9 Å². The number of hydrogen-bond donors (Lipinski definition) is 1. The summed E-state index contributed by atoms with van der Waals surface area (Å²) in [6, 6.07) is 18.9. The first kappa shape index (κ1) is 37.4. The van der Waals surface area contributed by atoms with Gasteiger partial charge in [-0.1, -0.05) is 73.9 Å². The molecule has 0 radical (unpaired) electrons. The molecule has 0 saturated heterocycles. The van der Waals surface area contributed by atoms with Gasteiger partial charge in [0.25, 0.3) is 0 Å². The summed E-state index contributed by atoms with van der Waals surface area (Å²) in [7, 11) is 0.536. The fourth-order valence-corrected chi connectivity index (χ4v) is 5.26. The van der Waals surface area contributed by atoms with Crippen LogP contribution in [0, 0.1) is 0 Å². The smallest absolute Gasteiger partial charge is 0.320 e. The number of nitrogens with one attached hydrogen (secondary N) is 1. The Morgan fingerprint density at radius 1 is 1.04 bits per heavy atom. The minimum Gasteiger partial charge on any atom is -0.748 e. The number of hydrogen-bond acceptors (Lipinski definition) is 9. The lowest BCUT2D eigenvalue weighted by atomic mass is 9.97. The molecule has 1 saturated carbocycles. The van der Waals surface area contributed by atoms with E-state index in [-0.39, 0.29) is 24.7 Å². The van der Waals surface area contributed by atoms with E-state index in [2.05, 4.69) is 60.8 Å². The fourth-order valence-electron chi connectivity index (χ4n) is 5.26. The summed E-state index contributed by atoms with van der Waals surface area (Å²) in [5.74, 6) is 1.29. The standard InChI is InChI=1S/C34H48N3O4.CH4O3S/c1-34(2,3)41-31(38)24-35-22-27-18-16-26(17-19-27)20-21-37(4,5)25-30-23-36-33(40-30)32(28-12-8-6-9-13-28)39-29-14-10-7-11-15-29;1-5(2,3)4/h6,8-9,12-13,16-19,23,29,32,35H,7,10-11,14-15,20-22,24-25H2,1-5H3;1H3,(H,2,3,4)/q+1;/p-1/t32-;/m1./s1. The lowest BCUT2D eigenvalue weighted by molar-refractivity contribution is -0.904. The van der Waals surface area contributed by atoms with Crippen molar-refractivity contribution in [2.75, 3.05) is 33.4 Å². The van der Waals surface area contributed by atoms with Crippen molar-refractivity contribution in [1.82, 2.24) is 10.3 Å². The Labute approximate surface area is 274 Å². The Morgan fingerprint density at radius 2 is 1.65 bits per heavy atom. The largest absolute Gasteiger partial charge is 0.748 e. The molecule has 1 N–H and O–H groups in total. The van der Waals surface area contributed by atoms with Gasteiger partial charge in [-0.25, -0.2) is 13.4 Å². The van der Waals surface area contributed by atoms with Gasteiger partial charge in [-0.05, 0) is 50.3 Å². The Morgan fingerprint density at radius 3 is 2.26 bits per heavy atom. The van der Waals surface area contributed by atoms with Crippen LogP contribution in [0.25, 0.3) is 0 Å². The van der Waals surface area contributed by atoms with E-state index in [1.165, 1.54) is 24.8 Å². The summed E-state index contributed by atoms with van der Waals surface area (Å²) in [6.07, 6.45) is 9.35. The van der Waals surface area contributed by atoms with Crippen molar-refractivity contribution < 1.29 is 36.1 Å². The van der Waals surface area contributed by atoms with Crippen molar-refractivity contribution in [3.05, 3.63) is 89.1 Å². The minimum atomic E-state index is -3.92. The van der Waals surface area contributed by atoms with Crippen LogP contribution in [-0.4, -0.2) is 73.6 Å². The maximum Gasteiger partial charge on any atom is 0.320 e. The summed E-state index contributed by atoms with van der Waals surface area (Å²) in [4.78, 5) is 16.6. The van der Waals surface area contributed by atoms with Crippen LogP contribution in [0.2, 0.25) is 0 Å². The summed E-state index contributed by atoms with van der Waals surface area (Å²) in [5.41, 5.74) is 3.05. The Balaban J connectivity index is 0.00000107. The first-order chi connectivity index (χ1) is 21.6. The zero-order valence-electron chi connectivity index (χ0n) is 28.2. The van der Waals surface area contributed by atoms with E-state index in [1.807, 2.05) is 45.2 Å². The molecular weight excluding hydrogens is 606 g/mol. The molecule has 3 aromatic rings. The van der Waals surface area contributed by atoms with Crippen LogP contribution in [0.15, 0.2) is 65.2 Å². The van der Waals surface area contributed by atoms with Crippen LogP contribution in [0.1, 0.15) is 87.3 Å². The molecule has 1 aliphatic rings. The summed E-state index contributed by atoms with van der Waals surface area (Å²) >= 11 is 0. The summed E-state index contributed by atoms with van der Waals surface area (Å²) in [6.45, 7) is 8.18. The lowest BCUT2D eigenvalue weighted by Crippen LogP contribution is -2.40. The number of benzene rings is 2. The highest BCUT2D eigenvalue weighted by Crippen LogP contribution is 2.32. The van der Waals surface area contributed by atoms with E-state index in [1.54, 1.807) is 0 Å². The zero-order chi connectivity index (χ0) is 33.8. The summed E-state index contributed by atoms with van der Waals surface area (Å²) < 4.78 is 46.3. The van der Waals surface area contributed by atoms with Crippen LogP contribution in [0.5, 0.6) is 0 Å². The number of aromatic nitrogens is 1. The Bertz CT molecular complexity index is 1440. The molecule has 0 amide bonds. The third-order valence-corrected chi connectivity index (χ3v) is 7.41. The highest BCUT2D eigenvalue weighted by Gasteiger charge is 2.27. The Hall–Kier alpha value is -3.09. The quantitative estimate of drug-likeness (QED) is 0.143. The second-order valence-electron chi connectivity index (χ2n) is 13.6. The fraction of sp³-hybridized carbons (Fsp3) is 0.543. The molecule has 10 nitrogen and oxygen atoms in total. The van der Waals surface area contributed by atoms with Crippen LogP contribution < -0.4 is 5.32 Å². The highest BCUT2D eigenvalue weighted by atomic mass is 32.2. The molecule has 0 bridgehead atoms. The van der Waals surface area contributed by atoms with Gasteiger partial charge >= 0.3 is 5.97 Å². The van der Waals surface area contributed by atoms with E-state index in [0.29, 0.717) is 18.7 Å². The van der Waals surface area contributed by atoms with E-state index < -0.39 is 15.7 Å². The van der Waals surface area contributed by atoms with Crippen LogP contribution >= 0.6 is 0 Å². The van der Waals surface area contributed by atoms with Gasteiger partial charge in [0.2, 0.25) is 5.89 Å². The monoisotopic (exact) mass is 657 g/mol. The number of esters is 1. The number of oxazole rings is 1. The van der Waals surface area contributed by atoms with Crippen molar-refractivity contribution in [3.8, 4) is 0 Å². The normalized spacial score (nSPS) is 15.1. The zero-order valence-corrected chi connectivity index (χ0v) is 29.0. The molecule has 46 heavy (non-hydrogen) atoms. The number of ether oxygens (including phenoxy) is 2. The second kappa shape index (κ2) is 17.2. The third kappa shape index (κ3) is 15.0. The van der Waals surface area contributed by atoms with Crippen molar-refractivity contribution in [1.29, 1.82) is 0 Å². The first-order valence-electron chi connectivity index (χ1n) is 15.9. The van der Waals surface area contributed by atoms with Gasteiger partial charge in [-0.15, -0.1) is 0 Å². The third-order valence-electron chi connectivity index (χ3n) is 7.41. The molecule has 1 heterocycles. The van der Waals surface area contributed by atoms with Crippen molar-refractivity contribution >= 4 is 16.1 Å². The maximum absolute atomic E-state index is 11.9. The number of carbonyl (C=O) groups is 1. The first-order valence-corrected chi connectivity index (χ1v) is 17.8. The van der Waals surface area contributed by atoms with Crippen LogP contribution in [0.3, 0.4) is 0 Å². The van der Waals surface area contributed by atoms with Gasteiger partial charge in [0.15, 0.2) is 11.9 Å². The van der Waals surface area contributed by atoms with Gasteiger partial charge in [0, 0.05) is 19.2 Å². The van der Waals surface area contributed by atoms with Gasteiger partial charge in [0.05, 0.1) is 49.6 Å². The summed E-state index contributed by atoms with van der Waals surface area (Å²) in [5, 5.41) is 3.17. The number of likely N-dealkylation sites (N-methyl/N-ethyl adjacent to an activating group) is 1. The molecular formula is C35H51N3O7S. The Kier molecular flexibility index (Phi) is 14.0. The van der Waals surface area contributed by atoms with E-state index >= 15 is 0 Å². The minimum absolute atomic E-state index is 0.201. The lowest BCUT2D eigenvalue weighted by Gasteiger charge is -2.29. The number of nitrogens with zero attached hydrogens (tertiary/aromatic N) is 2. The van der Waals surface area contributed by atoms with E-state index in [0.717, 1.165) is 53.7 Å². The molecule has 0 spiro atoms. The maximum atomic E-state index is 11.9.